The van der Waals surface area contributed by atoms with Crippen LogP contribution >= 0.6 is 11.8 Å². The van der Waals surface area contributed by atoms with Gasteiger partial charge in [0.1, 0.15) is 0 Å². The van der Waals surface area contributed by atoms with Crippen LogP contribution in [0.2, 0.25) is 0 Å². The number of nitrogens with zero attached hydrogens (tertiary/aromatic N) is 5. The Morgan fingerprint density at radius 2 is 1.72 bits per heavy atom. The van der Waals surface area contributed by atoms with Gasteiger partial charge in [-0.05, 0) is 31.9 Å². The zero-order valence-corrected chi connectivity index (χ0v) is 19.2. The van der Waals surface area contributed by atoms with E-state index in [0.29, 0.717) is 41.6 Å². The second kappa shape index (κ2) is 10.0. The third kappa shape index (κ3) is 6.16. The number of aromatic nitrogens is 4. The third-order valence-electron chi connectivity index (χ3n) is 4.41. The van der Waals surface area contributed by atoms with Gasteiger partial charge in [0.05, 0.1) is 6.42 Å². The zero-order chi connectivity index (χ0) is 21.7. The molecule has 0 saturated carbocycles. The minimum Gasteiger partial charge on any atom is -0.455 e. The Morgan fingerprint density at radius 3 is 2.28 bits per heavy atom. The van der Waals surface area contributed by atoms with Crippen molar-refractivity contribution >= 4 is 29.4 Å². The lowest BCUT2D eigenvalue weighted by Crippen LogP contribution is -2.39. The standard InChI is InChI=1S/C20H31N5O3S/c1-12(2)9-24(10-13(3)4)17(26)11-28-18(27)8-16-14(5)21-19-22-20(29-7)23-25(19)15(16)6/h12-13H,8-11H2,1-7H3. The zero-order valence-electron chi connectivity index (χ0n) is 18.4. The Hall–Kier alpha value is -2.16. The van der Waals surface area contributed by atoms with Crippen molar-refractivity contribution in [1.29, 1.82) is 0 Å². The summed E-state index contributed by atoms with van der Waals surface area (Å²) in [5.74, 6) is 0.596. The van der Waals surface area contributed by atoms with Crippen LogP contribution in [-0.2, 0) is 20.7 Å². The quantitative estimate of drug-likeness (QED) is 0.454. The van der Waals surface area contributed by atoms with Gasteiger partial charge in [0.15, 0.2) is 6.61 Å². The van der Waals surface area contributed by atoms with E-state index in [0.717, 1.165) is 11.3 Å². The lowest BCUT2D eigenvalue weighted by Gasteiger charge is -2.26. The highest BCUT2D eigenvalue weighted by atomic mass is 32.2. The smallest absolute Gasteiger partial charge is 0.310 e. The summed E-state index contributed by atoms with van der Waals surface area (Å²) in [4.78, 5) is 35.5. The van der Waals surface area contributed by atoms with Crippen LogP contribution in [-0.4, -0.2) is 62.3 Å². The van der Waals surface area contributed by atoms with E-state index in [-0.39, 0.29) is 18.9 Å². The Kier molecular flexibility index (Phi) is 8.01. The van der Waals surface area contributed by atoms with Gasteiger partial charge in [0.2, 0.25) is 5.16 Å². The molecule has 1 amide bonds. The Bertz CT molecular complexity index is 869. The summed E-state index contributed by atoms with van der Waals surface area (Å²) in [5, 5.41) is 5.01. The van der Waals surface area contributed by atoms with E-state index in [1.807, 2.05) is 20.1 Å². The van der Waals surface area contributed by atoms with Crippen LogP contribution in [0.15, 0.2) is 5.16 Å². The molecule has 8 nitrogen and oxygen atoms in total. The highest BCUT2D eigenvalue weighted by Crippen LogP contribution is 2.17. The van der Waals surface area contributed by atoms with Crippen LogP contribution in [0.4, 0.5) is 0 Å². The normalized spacial score (nSPS) is 11.5. The van der Waals surface area contributed by atoms with Gasteiger partial charge in [-0.25, -0.2) is 9.50 Å². The molecule has 0 saturated heterocycles. The first-order valence-corrected chi connectivity index (χ1v) is 11.0. The number of carbonyl (C=O) groups is 2. The minimum absolute atomic E-state index is 0.0384. The van der Waals surface area contributed by atoms with E-state index in [1.165, 1.54) is 11.8 Å². The van der Waals surface area contributed by atoms with Crippen molar-refractivity contribution in [2.24, 2.45) is 11.8 Å². The van der Waals surface area contributed by atoms with Crippen LogP contribution in [0.25, 0.3) is 5.78 Å². The van der Waals surface area contributed by atoms with E-state index in [9.17, 15) is 9.59 Å². The van der Waals surface area contributed by atoms with Crippen LogP contribution in [0, 0.1) is 25.7 Å². The molecule has 9 heteroatoms. The van der Waals surface area contributed by atoms with Gasteiger partial charge in [-0.1, -0.05) is 39.5 Å². The molecule has 0 aromatic carbocycles. The van der Waals surface area contributed by atoms with Gasteiger partial charge in [-0.15, -0.1) is 5.10 Å². The van der Waals surface area contributed by atoms with E-state index in [2.05, 4.69) is 42.8 Å². The molecule has 0 spiro atoms. The van der Waals surface area contributed by atoms with Crippen molar-refractivity contribution in [3.8, 4) is 0 Å². The summed E-state index contributed by atoms with van der Waals surface area (Å²) in [6, 6.07) is 0. The maximum Gasteiger partial charge on any atom is 0.310 e. The average molecular weight is 422 g/mol. The second-order valence-electron chi connectivity index (χ2n) is 8.00. The molecular formula is C20H31N5O3S. The van der Waals surface area contributed by atoms with E-state index in [4.69, 9.17) is 4.74 Å². The fourth-order valence-corrected chi connectivity index (χ4v) is 3.46. The topological polar surface area (TPSA) is 89.7 Å². The largest absolute Gasteiger partial charge is 0.455 e. The molecule has 2 aromatic heterocycles. The second-order valence-corrected chi connectivity index (χ2v) is 8.77. The maximum absolute atomic E-state index is 12.5. The summed E-state index contributed by atoms with van der Waals surface area (Å²) >= 11 is 1.43. The SMILES string of the molecule is CSc1nc2nc(C)c(CC(=O)OCC(=O)N(CC(C)C)CC(C)C)c(C)n2n1. The van der Waals surface area contributed by atoms with Crippen LogP contribution < -0.4 is 0 Å². The molecule has 0 aliphatic heterocycles. The third-order valence-corrected chi connectivity index (χ3v) is 4.95. The molecule has 0 aliphatic carbocycles. The Balaban J connectivity index is 2.05. The number of amides is 1. The van der Waals surface area contributed by atoms with Crippen molar-refractivity contribution in [3.63, 3.8) is 0 Å². The van der Waals surface area contributed by atoms with Gasteiger partial charge in [-0.2, -0.15) is 4.98 Å². The number of thioether (sulfide) groups is 1. The summed E-state index contributed by atoms with van der Waals surface area (Å²) in [6.45, 7) is 13.0. The number of hydrogen-bond donors (Lipinski definition) is 0. The molecule has 0 aliphatic rings. The monoisotopic (exact) mass is 421 g/mol. The van der Waals surface area contributed by atoms with E-state index in [1.54, 1.807) is 9.42 Å². The fraction of sp³-hybridized carbons (Fsp3) is 0.650. The first kappa shape index (κ1) is 23.1. The molecule has 0 fully saturated rings. The predicted octanol–water partition coefficient (Wildman–Crippen LogP) is 2.69. The number of rotatable bonds is 9. The summed E-state index contributed by atoms with van der Waals surface area (Å²) < 4.78 is 6.93. The lowest BCUT2D eigenvalue weighted by atomic mass is 10.1. The first-order chi connectivity index (χ1) is 13.6. The van der Waals surface area contributed by atoms with Crippen LogP contribution in [0.3, 0.4) is 0 Å². The highest BCUT2D eigenvalue weighted by Gasteiger charge is 2.20. The molecule has 0 N–H and O–H groups in total. The number of esters is 1. The summed E-state index contributed by atoms with van der Waals surface area (Å²) in [5.41, 5.74) is 2.25. The van der Waals surface area contributed by atoms with Gasteiger partial charge in [0, 0.05) is 30.0 Å². The molecule has 0 unspecified atom stereocenters. The molecule has 0 atom stereocenters. The number of ether oxygens (including phenoxy) is 1. The van der Waals surface area contributed by atoms with Crippen LogP contribution in [0.1, 0.15) is 44.6 Å². The molecule has 2 aromatic rings. The molecule has 0 bridgehead atoms. The lowest BCUT2D eigenvalue weighted by molar-refractivity contribution is -0.152. The van der Waals surface area contributed by atoms with Crippen molar-refractivity contribution in [3.05, 3.63) is 17.0 Å². The Morgan fingerprint density at radius 1 is 1.10 bits per heavy atom. The minimum atomic E-state index is -0.454. The predicted molar refractivity (Wildman–Crippen MR) is 113 cm³/mol. The van der Waals surface area contributed by atoms with Gasteiger partial charge in [-0.3, -0.25) is 9.59 Å². The van der Waals surface area contributed by atoms with Gasteiger partial charge in [0.25, 0.3) is 11.7 Å². The molecule has 160 valence electrons. The van der Waals surface area contributed by atoms with Gasteiger partial charge < -0.3 is 9.64 Å². The molecule has 2 heterocycles. The number of carbonyl (C=O) groups excluding carboxylic acids is 2. The van der Waals surface area contributed by atoms with E-state index >= 15 is 0 Å². The van der Waals surface area contributed by atoms with Crippen molar-refractivity contribution in [1.82, 2.24) is 24.5 Å². The summed E-state index contributed by atoms with van der Waals surface area (Å²) in [6.07, 6.45) is 1.94. The van der Waals surface area contributed by atoms with Crippen molar-refractivity contribution in [2.75, 3.05) is 26.0 Å². The van der Waals surface area contributed by atoms with Crippen molar-refractivity contribution in [2.45, 2.75) is 53.1 Å². The Labute approximate surface area is 176 Å². The number of hydrogen-bond acceptors (Lipinski definition) is 7. The molecule has 29 heavy (non-hydrogen) atoms. The molecule has 0 radical (unpaired) electrons. The molecule has 2 rings (SSSR count). The number of aryl methyl sites for hydroxylation is 2. The average Bonchev–Trinajstić information content (AvgIpc) is 3.05. The molecular weight excluding hydrogens is 390 g/mol. The van der Waals surface area contributed by atoms with E-state index < -0.39 is 5.97 Å². The van der Waals surface area contributed by atoms with Gasteiger partial charge >= 0.3 is 5.97 Å². The number of fused-ring (bicyclic) bond motifs is 1. The van der Waals surface area contributed by atoms with Crippen LogP contribution in [0.5, 0.6) is 0 Å². The van der Waals surface area contributed by atoms with Crippen molar-refractivity contribution < 1.29 is 14.3 Å². The first-order valence-electron chi connectivity index (χ1n) is 9.82. The maximum atomic E-state index is 12.5. The summed E-state index contributed by atoms with van der Waals surface area (Å²) in [7, 11) is 0. The fourth-order valence-electron chi connectivity index (χ4n) is 3.12. The highest BCUT2D eigenvalue weighted by molar-refractivity contribution is 7.98.